The number of rotatable bonds is 1. The van der Waals surface area contributed by atoms with Crippen LogP contribution in [0, 0.1) is 13.8 Å². The van der Waals surface area contributed by atoms with Gasteiger partial charge in [-0.15, -0.1) is 0 Å². The largest absolute Gasteiger partial charge is 0.397 e. The molecule has 23 heavy (non-hydrogen) atoms. The van der Waals surface area contributed by atoms with Gasteiger partial charge in [0.05, 0.1) is 29.2 Å². The molecule has 0 radical (unpaired) electrons. The van der Waals surface area contributed by atoms with Crippen molar-refractivity contribution < 1.29 is 0 Å². The molecule has 5 heteroatoms. The lowest BCUT2D eigenvalue weighted by Gasteiger charge is -2.15. The van der Waals surface area contributed by atoms with Crippen molar-refractivity contribution in [2.24, 2.45) is 0 Å². The van der Waals surface area contributed by atoms with Crippen LogP contribution in [-0.2, 0) is 0 Å². The van der Waals surface area contributed by atoms with E-state index in [0.717, 1.165) is 22.1 Å². The molecule has 4 rings (SSSR count). The molecule has 0 fully saturated rings. The quantitative estimate of drug-likeness (QED) is 0.528. The van der Waals surface area contributed by atoms with Gasteiger partial charge in [0.1, 0.15) is 11.3 Å². The fraction of sp³-hybridized carbons (Fsp3) is 0.111. The Morgan fingerprint density at radius 1 is 1.00 bits per heavy atom. The molecule has 0 unspecified atom stereocenters. The predicted octanol–water partition coefficient (Wildman–Crippen LogP) is 3.33. The van der Waals surface area contributed by atoms with E-state index in [1.807, 2.05) is 16.5 Å². The van der Waals surface area contributed by atoms with E-state index in [1.54, 1.807) is 12.5 Å². The van der Waals surface area contributed by atoms with Gasteiger partial charge in [-0.3, -0.25) is 4.40 Å². The lowest BCUT2D eigenvalue weighted by molar-refractivity contribution is 1.19. The first kappa shape index (κ1) is 13.6. The molecule has 4 N–H and O–H groups in total. The van der Waals surface area contributed by atoms with Gasteiger partial charge < -0.3 is 11.5 Å². The summed E-state index contributed by atoms with van der Waals surface area (Å²) < 4.78 is 1.91. The van der Waals surface area contributed by atoms with Crippen LogP contribution in [0.2, 0.25) is 0 Å². The summed E-state index contributed by atoms with van der Waals surface area (Å²) in [5.74, 6) is 0.452. The number of hydrogen-bond donors (Lipinski definition) is 2. The first-order chi connectivity index (χ1) is 11.1. The maximum Gasteiger partial charge on any atom is 0.150 e. The summed E-state index contributed by atoms with van der Waals surface area (Å²) in [4.78, 5) is 8.81. The molecule has 2 aromatic carbocycles. The summed E-state index contributed by atoms with van der Waals surface area (Å²) in [6, 6.07) is 10.2. The van der Waals surface area contributed by atoms with E-state index in [0.29, 0.717) is 11.5 Å². The molecule has 0 saturated heterocycles. The number of aryl methyl sites for hydroxylation is 2. The number of aromatic nitrogens is 3. The summed E-state index contributed by atoms with van der Waals surface area (Å²) >= 11 is 0. The highest BCUT2D eigenvalue weighted by atomic mass is 15.0. The zero-order chi connectivity index (χ0) is 16.1. The van der Waals surface area contributed by atoms with E-state index in [4.69, 9.17) is 11.5 Å². The summed E-state index contributed by atoms with van der Waals surface area (Å²) in [6.07, 6.45) is 3.42. The van der Waals surface area contributed by atoms with Gasteiger partial charge in [-0.05, 0) is 42.7 Å². The third-order valence-corrected chi connectivity index (χ3v) is 4.31. The van der Waals surface area contributed by atoms with Crippen molar-refractivity contribution in [2.45, 2.75) is 13.8 Å². The van der Waals surface area contributed by atoms with Gasteiger partial charge >= 0.3 is 0 Å². The maximum atomic E-state index is 6.23. The van der Waals surface area contributed by atoms with Crippen LogP contribution >= 0.6 is 0 Å². The Kier molecular flexibility index (Phi) is 2.78. The molecule has 114 valence electrons. The average Bonchev–Trinajstić information content (AvgIpc) is 2.99. The van der Waals surface area contributed by atoms with Crippen LogP contribution in [0.5, 0.6) is 0 Å². The molecule has 0 spiro atoms. The van der Waals surface area contributed by atoms with Crippen molar-refractivity contribution in [1.29, 1.82) is 0 Å². The molecule has 0 bridgehead atoms. The summed E-state index contributed by atoms with van der Waals surface area (Å²) in [5, 5.41) is 0. The van der Waals surface area contributed by atoms with Gasteiger partial charge in [0, 0.05) is 5.56 Å². The monoisotopic (exact) mass is 303 g/mol. The second-order valence-electron chi connectivity index (χ2n) is 5.81. The highest BCUT2D eigenvalue weighted by Crippen LogP contribution is 2.35. The van der Waals surface area contributed by atoms with Crippen LogP contribution in [-0.4, -0.2) is 14.4 Å². The van der Waals surface area contributed by atoms with Crippen molar-refractivity contribution in [3.8, 4) is 11.1 Å². The van der Waals surface area contributed by atoms with Gasteiger partial charge in [0.2, 0.25) is 0 Å². The Bertz CT molecular complexity index is 1040. The lowest BCUT2D eigenvalue weighted by atomic mass is 9.94. The number of benzene rings is 2. The van der Waals surface area contributed by atoms with Gasteiger partial charge in [0.25, 0.3) is 0 Å². The number of nitrogens with zero attached hydrogens (tertiary/aromatic N) is 3. The number of nitrogens with two attached hydrogens (primary N) is 2. The van der Waals surface area contributed by atoms with Crippen molar-refractivity contribution in [2.75, 3.05) is 11.5 Å². The molecule has 2 aromatic heterocycles. The Morgan fingerprint density at radius 3 is 2.48 bits per heavy atom. The highest BCUT2D eigenvalue weighted by molar-refractivity contribution is 6.01. The molecule has 0 amide bonds. The second-order valence-corrected chi connectivity index (χ2v) is 5.81. The Balaban J connectivity index is 2.22. The van der Waals surface area contributed by atoms with E-state index in [-0.39, 0.29) is 0 Å². The third kappa shape index (κ3) is 1.86. The summed E-state index contributed by atoms with van der Waals surface area (Å²) in [6.45, 7) is 4.20. The Labute approximate surface area is 133 Å². The van der Waals surface area contributed by atoms with Crippen LogP contribution < -0.4 is 11.5 Å². The molecule has 2 heterocycles. The smallest absolute Gasteiger partial charge is 0.150 e. The highest BCUT2D eigenvalue weighted by Gasteiger charge is 2.16. The topological polar surface area (TPSA) is 82.2 Å². The zero-order valence-corrected chi connectivity index (χ0v) is 13.0. The zero-order valence-electron chi connectivity index (χ0n) is 13.0. The average molecular weight is 303 g/mol. The lowest BCUT2D eigenvalue weighted by Crippen LogP contribution is -2.02. The molecule has 0 aliphatic heterocycles. The van der Waals surface area contributed by atoms with Crippen LogP contribution in [0.15, 0.2) is 42.9 Å². The summed E-state index contributed by atoms with van der Waals surface area (Å²) in [7, 11) is 0. The van der Waals surface area contributed by atoms with Crippen LogP contribution in [0.4, 0.5) is 11.5 Å². The molecule has 0 aliphatic rings. The van der Waals surface area contributed by atoms with Crippen LogP contribution in [0.3, 0.4) is 0 Å². The fourth-order valence-electron chi connectivity index (χ4n) is 3.24. The Morgan fingerprint density at radius 2 is 1.74 bits per heavy atom. The number of fused-ring (bicyclic) bond motifs is 3. The molecule has 0 saturated carbocycles. The fourth-order valence-corrected chi connectivity index (χ4v) is 3.24. The van der Waals surface area contributed by atoms with Gasteiger partial charge in [0.15, 0.2) is 0 Å². The normalized spacial score (nSPS) is 11.4. The van der Waals surface area contributed by atoms with Crippen molar-refractivity contribution >= 4 is 28.1 Å². The molecule has 0 aliphatic carbocycles. The number of nitrogen functional groups attached to an aromatic ring is 2. The molecule has 5 nitrogen and oxygen atoms in total. The minimum Gasteiger partial charge on any atom is -0.397 e. The maximum absolute atomic E-state index is 6.23. The minimum absolute atomic E-state index is 0.452. The van der Waals surface area contributed by atoms with Crippen LogP contribution in [0.25, 0.3) is 27.7 Å². The standard InChI is InChI=1S/C18H17N5/c1-10-4-3-5-11(2)15(10)12-6-7-13(19)17-16(12)22-18(20)14-8-21-9-23(14)17/h3-9H,19H2,1-2H3,(H2,20,22). The number of hydrogen-bond acceptors (Lipinski definition) is 4. The second kappa shape index (κ2) is 4.71. The van der Waals surface area contributed by atoms with Crippen molar-refractivity contribution in [3.63, 3.8) is 0 Å². The number of imidazole rings is 1. The first-order valence-corrected chi connectivity index (χ1v) is 7.44. The van der Waals surface area contributed by atoms with E-state index in [9.17, 15) is 0 Å². The van der Waals surface area contributed by atoms with E-state index in [1.165, 1.54) is 16.7 Å². The molecular formula is C18H17N5. The number of anilines is 2. The molecule has 0 atom stereocenters. The van der Waals surface area contributed by atoms with Gasteiger partial charge in [-0.1, -0.05) is 18.2 Å². The molecular weight excluding hydrogens is 286 g/mol. The molecule has 4 aromatic rings. The Hall–Kier alpha value is -3.08. The third-order valence-electron chi connectivity index (χ3n) is 4.31. The SMILES string of the molecule is Cc1cccc(C)c1-c1ccc(N)c2c1nc(N)c1cncn12. The van der Waals surface area contributed by atoms with E-state index in [2.05, 4.69) is 42.0 Å². The van der Waals surface area contributed by atoms with E-state index < -0.39 is 0 Å². The van der Waals surface area contributed by atoms with Gasteiger partial charge in [-0.25, -0.2) is 9.97 Å². The van der Waals surface area contributed by atoms with Crippen molar-refractivity contribution in [1.82, 2.24) is 14.4 Å². The van der Waals surface area contributed by atoms with Crippen LogP contribution in [0.1, 0.15) is 11.1 Å². The van der Waals surface area contributed by atoms with Crippen molar-refractivity contribution in [3.05, 3.63) is 54.0 Å². The summed E-state index contributed by atoms with van der Waals surface area (Å²) in [5.41, 5.74) is 20.0. The van der Waals surface area contributed by atoms with E-state index >= 15 is 0 Å². The minimum atomic E-state index is 0.452. The van der Waals surface area contributed by atoms with Gasteiger partial charge in [-0.2, -0.15) is 0 Å². The predicted molar refractivity (Wildman–Crippen MR) is 94.2 cm³/mol. The first-order valence-electron chi connectivity index (χ1n) is 7.44.